The highest BCUT2D eigenvalue weighted by Crippen LogP contribution is 2.43. The van der Waals surface area contributed by atoms with Crippen molar-refractivity contribution in [2.45, 2.75) is 25.7 Å². The predicted molar refractivity (Wildman–Crippen MR) is 44.9 cm³/mol. The average molecular weight is 169 g/mol. The highest BCUT2D eigenvalue weighted by Gasteiger charge is 2.49. The summed E-state index contributed by atoms with van der Waals surface area (Å²) in [6.07, 6.45) is 4.27. The average Bonchev–Trinajstić information content (AvgIpc) is 2.48. The molecule has 2 fully saturated rings. The number of carboxylic acid groups (broad SMARTS) is 1. The van der Waals surface area contributed by atoms with Crippen molar-refractivity contribution in [2.24, 2.45) is 11.3 Å². The van der Waals surface area contributed by atoms with Crippen molar-refractivity contribution in [1.29, 1.82) is 0 Å². The Bertz CT molecular complexity index is 205. The van der Waals surface area contributed by atoms with Crippen LogP contribution in [0, 0.1) is 11.3 Å². The maximum Gasteiger partial charge on any atom is 0.311 e. The molecule has 0 spiro atoms. The zero-order valence-corrected chi connectivity index (χ0v) is 7.18. The summed E-state index contributed by atoms with van der Waals surface area (Å²) in [6, 6.07) is 0. The fraction of sp³-hybridized carbons (Fsp3) is 0.889. The van der Waals surface area contributed by atoms with Crippen LogP contribution in [0.3, 0.4) is 0 Å². The van der Waals surface area contributed by atoms with E-state index in [-0.39, 0.29) is 0 Å². The van der Waals surface area contributed by atoms with Gasteiger partial charge in [-0.1, -0.05) is 12.8 Å². The van der Waals surface area contributed by atoms with Crippen molar-refractivity contribution in [3.8, 4) is 0 Å². The maximum absolute atomic E-state index is 11.1. The van der Waals surface area contributed by atoms with Crippen molar-refractivity contribution in [2.75, 3.05) is 13.1 Å². The number of fused-ring (bicyclic) bond motifs is 1. The molecule has 1 heterocycles. The topological polar surface area (TPSA) is 49.3 Å². The molecule has 2 rings (SSSR count). The third kappa shape index (κ3) is 0.959. The van der Waals surface area contributed by atoms with E-state index >= 15 is 0 Å². The van der Waals surface area contributed by atoms with Gasteiger partial charge in [0.25, 0.3) is 0 Å². The third-order valence-corrected chi connectivity index (χ3v) is 3.46. The second kappa shape index (κ2) is 2.73. The van der Waals surface area contributed by atoms with Gasteiger partial charge in [0.15, 0.2) is 0 Å². The fourth-order valence-corrected chi connectivity index (χ4v) is 2.67. The zero-order valence-electron chi connectivity index (χ0n) is 7.18. The molecule has 12 heavy (non-hydrogen) atoms. The lowest BCUT2D eigenvalue weighted by atomic mass is 9.68. The predicted octanol–water partition coefficient (Wildman–Crippen LogP) is 0.851. The van der Waals surface area contributed by atoms with Crippen LogP contribution in [-0.4, -0.2) is 24.2 Å². The van der Waals surface area contributed by atoms with Gasteiger partial charge in [0.1, 0.15) is 0 Å². The van der Waals surface area contributed by atoms with Crippen molar-refractivity contribution in [3.05, 3.63) is 0 Å². The number of hydrogen-bond donors (Lipinski definition) is 2. The lowest BCUT2D eigenvalue weighted by Crippen LogP contribution is -2.40. The Morgan fingerprint density at radius 1 is 1.50 bits per heavy atom. The second-order valence-electron chi connectivity index (χ2n) is 4.03. The van der Waals surface area contributed by atoms with E-state index in [0.29, 0.717) is 12.5 Å². The van der Waals surface area contributed by atoms with Crippen LogP contribution in [0.4, 0.5) is 0 Å². The number of rotatable bonds is 1. The molecule has 0 unspecified atom stereocenters. The van der Waals surface area contributed by atoms with Crippen LogP contribution in [0.1, 0.15) is 25.7 Å². The van der Waals surface area contributed by atoms with Gasteiger partial charge in [-0.15, -0.1) is 0 Å². The molecule has 3 nitrogen and oxygen atoms in total. The van der Waals surface area contributed by atoms with Crippen LogP contribution in [0.5, 0.6) is 0 Å². The van der Waals surface area contributed by atoms with Gasteiger partial charge in [-0.25, -0.2) is 0 Å². The molecule has 2 atom stereocenters. The van der Waals surface area contributed by atoms with E-state index in [1.165, 1.54) is 6.42 Å². The molecule has 68 valence electrons. The van der Waals surface area contributed by atoms with E-state index in [9.17, 15) is 4.79 Å². The maximum atomic E-state index is 11.1. The Morgan fingerprint density at radius 3 is 3.00 bits per heavy atom. The van der Waals surface area contributed by atoms with E-state index in [1.807, 2.05) is 0 Å². The molecule has 2 aliphatic rings. The van der Waals surface area contributed by atoms with Crippen LogP contribution < -0.4 is 5.32 Å². The molecule has 2 N–H and O–H groups in total. The first-order chi connectivity index (χ1) is 5.76. The first kappa shape index (κ1) is 8.05. The smallest absolute Gasteiger partial charge is 0.311 e. The van der Waals surface area contributed by atoms with Gasteiger partial charge < -0.3 is 10.4 Å². The van der Waals surface area contributed by atoms with E-state index in [0.717, 1.165) is 25.8 Å². The Hall–Kier alpha value is -0.570. The highest BCUT2D eigenvalue weighted by molar-refractivity contribution is 5.76. The van der Waals surface area contributed by atoms with Gasteiger partial charge in [-0.05, 0) is 25.3 Å². The van der Waals surface area contributed by atoms with E-state index in [1.54, 1.807) is 0 Å². The van der Waals surface area contributed by atoms with Gasteiger partial charge in [0.2, 0.25) is 0 Å². The number of hydrogen-bond acceptors (Lipinski definition) is 2. The van der Waals surface area contributed by atoms with Crippen LogP contribution in [0.2, 0.25) is 0 Å². The van der Waals surface area contributed by atoms with E-state index in [4.69, 9.17) is 5.11 Å². The van der Waals surface area contributed by atoms with E-state index < -0.39 is 11.4 Å². The monoisotopic (exact) mass is 169 g/mol. The Morgan fingerprint density at radius 2 is 2.33 bits per heavy atom. The highest BCUT2D eigenvalue weighted by atomic mass is 16.4. The SMILES string of the molecule is O=C(O)[C@]12CCCC[C@H]1CNC2. The summed E-state index contributed by atoms with van der Waals surface area (Å²) >= 11 is 0. The quantitative estimate of drug-likeness (QED) is 0.612. The molecule has 0 radical (unpaired) electrons. The minimum Gasteiger partial charge on any atom is -0.481 e. The number of aliphatic carboxylic acids is 1. The molecule has 0 aromatic heterocycles. The van der Waals surface area contributed by atoms with Crippen molar-refractivity contribution >= 4 is 5.97 Å². The van der Waals surface area contributed by atoms with Crippen LogP contribution in [-0.2, 0) is 4.79 Å². The summed E-state index contributed by atoms with van der Waals surface area (Å²) in [5, 5.41) is 12.4. The summed E-state index contributed by atoms with van der Waals surface area (Å²) in [5.74, 6) is -0.194. The molecule has 1 aliphatic heterocycles. The normalized spacial score (nSPS) is 40.8. The van der Waals surface area contributed by atoms with Gasteiger partial charge >= 0.3 is 5.97 Å². The molecule has 0 aromatic carbocycles. The third-order valence-electron chi connectivity index (χ3n) is 3.46. The van der Waals surface area contributed by atoms with Gasteiger partial charge in [-0.2, -0.15) is 0 Å². The first-order valence-electron chi connectivity index (χ1n) is 4.70. The first-order valence-corrected chi connectivity index (χ1v) is 4.70. The van der Waals surface area contributed by atoms with Crippen LogP contribution in [0.15, 0.2) is 0 Å². The molecule has 0 amide bonds. The second-order valence-corrected chi connectivity index (χ2v) is 4.03. The number of carboxylic acids is 1. The van der Waals surface area contributed by atoms with Gasteiger partial charge in [0.05, 0.1) is 5.41 Å². The Balaban J connectivity index is 2.23. The summed E-state index contributed by atoms with van der Waals surface area (Å²) < 4.78 is 0. The lowest BCUT2D eigenvalue weighted by molar-refractivity contribution is -0.152. The number of carbonyl (C=O) groups is 1. The van der Waals surface area contributed by atoms with Crippen molar-refractivity contribution < 1.29 is 9.90 Å². The summed E-state index contributed by atoms with van der Waals surface area (Å²) in [6.45, 7) is 1.60. The Labute approximate surface area is 72.2 Å². The molecular weight excluding hydrogens is 154 g/mol. The summed E-state index contributed by atoms with van der Waals surface area (Å²) in [7, 11) is 0. The van der Waals surface area contributed by atoms with Crippen LogP contribution >= 0.6 is 0 Å². The standard InChI is InChI=1S/C9H15NO2/c11-8(12)9-4-2-1-3-7(9)5-10-6-9/h7,10H,1-6H2,(H,11,12)/t7-,9-/m0/s1. The number of nitrogens with one attached hydrogen (secondary N) is 1. The largest absolute Gasteiger partial charge is 0.481 e. The minimum atomic E-state index is -0.586. The van der Waals surface area contributed by atoms with Crippen LogP contribution in [0.25, 0.3) is 0 Å². The fourth-order valence-electron chi connectivity index (χ4n) is 2.67. The minimum absolute atomic E-state index is 0.392. The molecule has 0 aromatic rings. The summed E-state index contributed by atoms with van der Waals surface area (Å²) in [4.78, 5) is 11.1. The molecule has 1 aliphatic carbocycles. The molecule has 3 heteroatoms. The van der Waals surface area contributed by atoms with Gasteiger partial charge in [-0.3, -0.25) is 4.79 Å². The Kier molecular flexibility index (Phi) is 1.83. The van der Waals surface area contributed by atoms with Crippen molar-refractivity contribution in [1.82, 2.24) is 5.32 Å². The van der Waals surface area contributed by atoms with Crippen molar-refractivity contribution in [3.63, 3.8) is 0 Å². The van der Waals surface area contributed by atoms with E-state index in [2.05, 4.69) is 5.32 Å². The molecule has 1 saturated carbocycles. The zero-order chi connectivity index (χ0) is 8.60. The molecule has 0 bridgehead atoms. The molecular formula is C9H15NO2. The summed E-state index contributed by atoms with van der Waals surface area (Å²) in [5.41, 5.74) is -0.405. The van der Waals surface area contributed by atoms with Gasteiger partial charge in [0, 0.05) is 6.54 Å². The lowest BCUT2D eigenvalue weighted by Gasteiger charge is -2.34. The molecule has 1 saturated heterocycles.